The average Bonchev–Trinajstić information content (AvgIpc) is 2.39. The molecule has 0 bridgehead atoms. The molecule has 20 heavy (non-hydrogen) atoms. The zero-order chi connectivity index (χ0) is 14.7. The molecule has 0 saturated carbocycles. The second-order valence-corrected chi connectivity index (χ2v) is 6.02. The number of phenols is 1. The monoisotopic (exact) mass is 347 g/mol. The highest BCUT2D eigenvalue weighted by molar-refractivity contribution is 8.13. The van der Waals surface area contributed by atoms with Crippen LogP contribution >= 0.6 is 46.6 Å². The van der Waals surface area contributed by atoms with Gasteiger partial charge in [0.05, 0.1) is 20.8 Å². The van der Waals surface area contributed by atoms with Gasteiger partial charge in [0.1, 0.15) is 5.75 Å². The Kier molecular flexibility index (Phi) is 5.05. The Morgan fingerprint density at radius 1 is 1.00 bits per heavy atom. The number of anilines is 1. The molecule has 2 aromatic carbocycles. The summed E-state index contributed by atoms with van der Waals surface area (Å²) < 4.78 is 0. The SMILES string of the molecule is O=C(Nc1cc(Cl)c(Cl)cc1Cl)Sc1ccc(O)cc1. The van der Waals surface area contributed by atoms with Crippen molar-refractivity contribution in [1.82, 2.24) is 0 Å². The molecule has 1 amide bonds. The van der Waals surface area contributed by atoms with E-state index in [-0.39, 0.29) is 11.0 Å². The molecule has 0 fully saturated rings. The van der Waals surface area contributed by atoms with Crippen LogP contribution in [0.15, 0.2) is 41.3 Å². The van der Waals surface area contributed by atoms with Gasteiger partial charge in [-0.15, -0.1) is 0 Å². The molecule has 0 aromatic heterocycles. The van der Waals surface area contributed by atoms with Crippen LogP contribution in [0.3, 0.4) is 0 Å². The highest BCUT2D eigenvalue weighted by Crippen LogP contribution is 2.33. The molecule has 0 heterocycles. The number of carbonyl (C=O) groups is 1. The van der Waals surface area contributed by atoms with E-state index in [0.717, 1.165) is 11.8 Å². The van der Waals surface area contributed by atoms with Crippen molar-refractivity contribution in [1.29, 1.82) is 0 Å². The molecule has 2 N–H and O–H groups in total. The summed E-state index contributed by atoms with van der Waals surface area (Å²) in [6.07, 6.45) is 0. The lowest BCUT2D eigenvalue weighted by molar-refractivity contribution is 0.270. The van der Waals surface area contributed by atoms with E-state index >= 15 is 0 Å². The number of hydrogen-bond donors (Lipinski definition) is 2. The van der Waals surface area contributed by atoms with Gasteiger partial charge in [0.15, 0.2) is 0 Å². The number of phenolic OH excluding ortho intramolecular Hbond substituents is 1. The molecule has 0 aliphatic heterocycles. The molecule has 104 valence electrons. The van der Waals surface area contributed by atoms with Gasteiger partial charge in [0, 0.05) is 4.90 Å². The van der Waals surface area contributed by atoms with Crippen LogP contribution in [0.1, 0.15) is 0 Å². The lowest BCUT2D eigenvalue weighted by atomic mass is 10.3. The lowest BCUT2D eigenvalue weighted by Crippen LogP contribution is -2.05. The van der Waals surface area contributed by atoms with E-state index in [1.807, 2.05) is 0 Å². The van der Waals surface area contributed by atoms with Crippen LogP contribution in [-0.4, -0.2) is 10.3 Å². The van der Waals surface area contributed by atoms with Crippen LogP contribution in [0, 0.1) is 0 Å². The van der Waals surface area contributed by atoms with Crippen molar-refractivity contribution < 1.29 is 9.90 Å². The summed E-state index contributed by atoms with van der Waals surface area (Å²) in [5, 5.41) is 12.4. The smallest absolute Gasteiger partial charge is 0.288 e. The summed E-state index contributed by atoms with van der Waals surface area (Å²) in [6, 6.07) is 9.23. The van der Waals surface area contributed by atoms with Gasteiger partial charge in [-0.1, -0.05) is 34.8 Å². The Balaban J connectivity index is 2.08. The Morgan fingerprint density at radius 2 is 1.60 bits per heavy atom. The van der Waals surface area contributed by atoms with Gasteiger partial charge in [-0.3, -0.25) is 4.79 Å². The first-order valence-electron chi connectivity index (χ1n) is 5.38. The minimum atomic E-state index is -0.323. The molecule has 3 nitrogen and oxygen atoms in total. The number of carbonyl (C=O) groups excluding carboxylic acids is 1. The summed E-state index contributed by atoms with van der Waals surface area (Å²) in [5.41, 5.74) is 0.386. The Bertz CT molecular complexity index is 647. The van der Waals surface area contributed by atoms with E-state index in [0.29, 0.717) is 25.7 Å². The zero-order valence-corrected chi connectivity index (χ0v) is 12.9. The van der Waals surface area contributed by atoms with Gasteiger partial charge in [0.2, 0.25) is 0 Å². The van der Waals surface area contributed by atoms with Crippen molar-refractivity contribution in [3.8, 4) is 5.75 Å². The maximum atomic E-state index is 11.9. The minimum absolute atomic E-state index is 0.141. The van der Waals surface area contributed by atoms with E-state index in [4.69, 9.17) is 39.9 Å². The number of amides is 1. The van der Waals surface area contributed by atoms with Crippen LogP contribution in [0.25, 0.3) is 0 Å². The fourth-order valence-corrected chi connectivity index (χ4v) is 2.62. The second-order valence-electron chi connectivity index (χ2n) is 3.75. The van der Waals surface area contributed by atoms with Crippen molar-refractivity contribution in [2.24, 2.45) is 0 Å². The highest BCUT2D eigenvalue weighted by atomic mass is 35.5. The highest BCUT2D eigenvalue weighted by Gasteiger charge is 2.10. The molecular formula is C13H8Cl3NO2S. The standard InChI is InChI=1S/C13H8Cl3NO2S/c14-9-5-11(16)12(6-10(9)15)17-13(19)20-8-3-1-7(18)2-4-8/h1-6,18H,(H,17,19). The van der Waals surface area contributed by atoms with E-state index in [2.05, 4.69) is 5.32 Å². The normalized spacial score (nSPS) is 10.3. The van der Waals surface area contributed by atoms with Gasteiger partial charge in [-0.2, -0.15) is 0 Å². The van der Waals surface area contributed by atoms with Crippen LogP contribution in [0.2, 0.25) is 15.1 Å². The van der Waals surface area contributed by atoms with Gasteiger partial charge in [-0.25, -0.2) is 0 Å². The van der Waals surface area contributed by atoms with Crippen molar-refractivity contribution in [2.75, 3.05) is 5.32 Å². The third-order valence-electron chi connectivity index (χ3n) is 2.29. The first-order valence-corrected chi connectivity index (χ1v) is 7.33. The summed E-state index contributed by atoms with van der Waals surface area (Å²) >= 11 is 18.6. The predicted octanol–water partition coefficient (Wildman–Crippen LogP) is 5.68. The topological polar surface area (TPSA) is 49.3 Å². The molecule has 0 aliphatic carbocycles. The zero-order valence-electron chi connectivity index (χ0n) is 9.86. The quantitative estimate of drug-likeness (QED) is 0.542. The maximum absolute atomic E-state index is 11.9. The van der Waals surface area contributed by atoms with E-state index < -0.39 is 0 Å². The number of halogens is 3. The molecular weight excluding hydrogens is 341 g/mol. The second kappa shape index (κ2) is 6.59. The first kappa shape index (κ1) is 15.3. The third kappa shape index (κ3) is 3.96. The number of hydrogen-bond acceptors (Lipinski definition) is 3. The summed E-state index contributed by atoms with van der Waals surface area (Å²) in [6.45, 7) is 0. The lowest BCUT2D eigenvalue weighted by Gasteiger charge is -2.08. The molecule has 0 spiro atoms. The Labute approximate surface area is 134 Å². The van der Waals surface area contributed by atoms with Gasteiger partial charge in [-0.05, 0) is 48.2 Å². The maximum Gasteiger partial charge on any atom is 0.288 e. The molecule has 2 rings (SSSR count). The molecule has 7 heteroatoms. The third-order valence-corrected chi connectivity index (χ3v) is 4.12. The number of thioether (sulfide) groups is 1. The Morgan fingerprint density at radius 3 is 2.25 bits per heavy atom. The van der Waals surface area contributed by atoms with Crippen LogP contribution < -0.4 is 5.32 Å². The van der Waals surface area contributed by atoms with E-state index in [1.165, 1.54) is 24.3 Å². The van der Waals surface area contributed by atoms with Crippen molar-refractivity contribution >= 4 is 57.5 Å². The average molecular weight is 349 g/mol. The molecule has 0 saturated heterocycles. The van der Waals surface area contributed by atoms with E-state index in [9.17, 15) is 4.79 Å². The fraction of sp³-hybridized carbons (Fsp3) is 0. The molecule has 0 unspecified atom stereocenters. The number of aromatic hydroxyl groups is 1. The van der Waals surface area contributed by atoms with Crippen LogP contribution in [0.4, 0.5) is 10.5 Å². The summed E-state index contributed by atoms with van der Waals surface area (Å²) in [4.78, 5) is 12.6. The fourth-order valence-electron chi connectivity index (χ4n) is 1.38. The minimum Gasteiger partial charge on any atom is -0.508 e. The molecule has 2 aromatic rings. The largest absolute Gasteiger partial charge is 0.508 e. The number of benzene rings is 2. The van der Waals surface area contributed by atoms with Crippen LogP contribution in [0.5, 0.6) is 5.75 Å². The van der Waals surface area contributed by atoms with E-state index in [1.54, 1.807) is 12.1 Å². The number of rotatable bonds is 2. The van der Waals surface area contributed by atoms with Crippen molar-refractivity contribution in [3.05, 3.63) is 51.5 Å². The summed E-state index contributed by atoms with van der Waals surface area (Å²) in [5.74, 6) is 0.141. The van der Waals surface area contributed by atoms with Gasteiger partial charge in [0.25, 0.3) is 5.24 Å². The summed E-state index contributed by atoms with van der Waals surface area (Å²) in [7, 11) is 0. The van der Waals surface area contributed by atoms with Crippen LogP contribution in [-0.2, 0) is 0 Å². The van der Waals surface area contributed by atoms with Crippen molar-refractivity contribution in [2.45, 2.75) is 4.90 Å². The van der Waals surface area contributed by atoms with Crippen molar-refractivity contribution in [3.63, 3.8) is 0 Å². The molecule has 0 aliphatic rings. The molecule has 0 atom stereocenters. The Hall–Kier alpha value is -1.07. The first-order chi connectivity index (χ1) is 9.45. The molecule has 0 radical (unpaired) electrons. The van der Waals surface area contributed by atoms with Gasteiger partial charge >= 0.3 is 0 Å². The predicted molar refractivity (Wildman–Crippen MR) is 84.5 cm³/mol. The number of nitrogens with one attached hydrogen (secondary N) is 1. The van der Waals surface area contributed by atoms with Gasteiger partial charge < -0.3 is 10.4 Å².